The van der Waals surface area contributed by atoms with Gasteiger partial charge in [0.05, 0.1) is 18.2 Å². The average Bonchev–Trinajstić information content (AvgIpc) is 3.04. The van der Waals surface area contributed by atoms with Crippen LogP contribution in [-0.2, 0) is 4.79 Å². The van der Waals surface area contributed by atoms with Gasteiger partial charge in [0, 0.05) is 31.6 Å². The Morgan fingerprint density at radius 1 is 1.30 bits per heavy atom. The standard InChI is InChI=1S/C26H27ClF2N4O4/c1-4-18(35)31-8-9-32-15(12-31)13-37-23-20(25(32)36)24(33-11-14(28)10-26(33,2)3)30-22(21(23)27)19-16(29)6-5-7-17(19)34/h4-7,14-15,34H,1,8-13H2,2-3H3/t14?,15-/m1/s1. The van der Waals surface area contributed by atoms with Crippen molar-refractivity contribution in [3.63, 3.8) is 0 Å². The lowest BCUT2D eigenvalue weighted by Crippen LogP contribution is -2.57. The SMILES string of the molecule is C=CC(=O)N1CCN2C(=O)c3c(N4CC(F)CC4(C)C)nc(-c4c(O)cccc4F)c(Cl)c3OC[C@H]2C1. The summed E-state index contributed by atoms with van der Waals surface area (Å²) in [7, 11) is 0. The number of phenolic OH excluding ortho intramolecular Hbond substituents is 1. The van der Waals surface area contributed by atoms with E-state index >= 15 is 0 Å². The lowest BCUT2D eigenvalue weighted by Gasteiger charge is -2.40. The van der Waals surface area contributed by atoms with Gasteiger partial charge in [0.2, 0.25) is 5.91 Å². The summed E-state index contributed by atoms with van der Waals surface area (Å²) in [6.07, 6.45) is 0.252. The second-order valence-corrected chi connectivity index (χ2v) is 10.5. The number of nitrogens with zero attached hydrogens (tertiary/aromatic N) is 4. The molecule has 0 radical (unpaired) electrons. The van der Waals surface area contributed by atoms with Gasteiger partial charge in [-0.15, -0.1) is 0 Å². The van der Waals surface area contributed by atoms with Crippen molar-refractivity contribution in [3.05, 3.63) is 47.3 Å². The summed E-state index contributed by atoms with van der Waals surface area (Å²) in [5, 5.41) is 10.3. The Morgan fingerprint density at radius 2 is 2.05 bits per heavy atom. The van der Waals surface area contributed by atoms with Gasteiger partial charge in [-0.25, -0.2) is 13.8 Å². The summed E-state index contributed by atoms with van der Waals surface area (Å²) >= 11 is 6.71. The summed E-state index contributed by atoms with van der Waals surface area (Å²) in [5.74, 6) is -1.73. The minimum atomic E-state index is -1.17. The third-order valence-corrected chi connectivity index (χ3v) is 7.61. The summed E-state index contributed by atoms with van der Waals surface area (Å²) in [4.78, 5) is 35.7. The molecular weight excluding hydrogens is 506 g/mol. The number of benzene rings is 1. The van der Waals surface area contributed by atoms with Gasteiger partial charge in [-0.05, 0) is 32.1 Å². The van der Waals surface area contributed by atoms with E-state index in [0.29, 0.717) is 6.54 Å². The number of piperazine rings is 1. The first-order valence-electron chi connectivity index (χ1n) is 12.0. The fourth-order valence-electron chi connectivity index (χ4n) is 5.42. The van der Waals surface area contributed by atoms with Crippen LogP contribution < -0.4 is 9.64 Å². The number of ether oxygens (including phenoxy) is 1. The molecule has 8 nitrogen and oxygen atoms in total. The van der Waals surface area contributed by atoms with Crippen LogP contribution >= 0.6 is 11.6 Å². The highest BCUT2D eigenvalue weighted by atomic mass is 35.5. The van der Waals surface area contributed by atoms with Gasteiger partial charge in [-0.2, -0.15) is 0 Å². The van der Waals surface area contributed by atoms with Crippen LogP contribution in [0.5, 0.6) is 11.5 Å². The number of carbonyl (C=O) groups is 2. The third kappa shape index (κ3) is 4.17. The van der Waals surface area contributed by atoms with Crippen LogP contribution in [0, 0.1) is 5.82 Å². The van der Waals surface area contributed by atoms with Gasteiger partial charge in [0.25, 0.3) is 5.91 Å². The zero-order chi connectivity index (χ0) is 26.6. The van der Waals surface area contributed by atoms with Crippen LogP contribution in [0.2, 0.25) is 5.02 Å². The molecule has 1 aromatic heterocycles. The van der Waals surface area contributed by atoms with Crippen LogP contribution in [-0.4, -0.2) is 82.2 Å². The van der Waals surface area contributed by atoms with E-state index in [-0.39, 0.29) is 77.7 Å². The Balaban J connectivity index is 1.70. The lowest BCUT2D eigenvalue weighted by atomic mass is 10.00. The van der Waals surface area contributed by atoms with Gasteiger partial charge in [-0.3, -0.25) is 9.59 Å². The number of alkyl halides is 1. The molecule has 2 saturated heterocycles. The minimum Gasteiger partial charge on any atom is -0.507 e. The van der Waals surface area contributed by atoms with E-state index in [2.05, 4.69) is 11.6 Å². The smallest absolute Gasteiger partial charge is 0.261 e. The highest BCUT2D eigenvalue weighted by Gasteiger charge is 2.45. The molecule has 0 spiro atoms. The van der Waals surface area contributed by atoms with E-state index in [0.717, 1.165) is 6.07 Å². The molecule has 3 aliphatic rings. The van der Waals surface area contributed by atoms with Crippen molar-refractivity contribution in [3.8, 4) is 22.8 Å². The molecule has 11 heteroatoms. The fourth-order valence-corrected chi connectivity index (χ4v) is 5.70. The molecule has 2 aromatic rings. The monoisotopic (exact) mass is 532 g/mol. The second kappa shape index (κ2) is 9.16. The molecule has 37 heavy (non-hydrogen) atoms. The fraction of sp³-hybridized carbons (Fsp3) is 0.423. The van der Waals surface area contributed by atoms with Crippen molar-refractivity contribution < 1.29 is 28.2 Å². The number of hydrogen-bond acceptors (Lipinski definition) is 6. The van der Waals surface area contributed by atoms with Crippen molar-refractivity contribution in [2.75, 3.05) is 37.7 Å². The first kappa shape index (κ1) is 25.3. The molecule has 196 valence electrons. The quantitative estimate of drug-likeness (QED) is 0.605. The van der Waals surface area contributed by atoms with E-state index in [1.54, 1.807) is 14.7 Å². The average molecular weight is 533 g/mol. The molecule has 2 atom stereocenters. The minimum absolute atomic E-state index is 0.0107. The van der Waals surface area contributed by atoms with E-state index in [9.17, 15) is 23.5 Å². The molecule has 2 fully saturated rings. The van der Waals surface area contributed by atoms with Crippen molar-refractivity contribution >= 4 is 29.2 Å². The van der Waals surface area contributed by atoms with Crippen LogP contribution in [0.4, 0.5) is 14.6 Å². The summed E-state index contributed by atoms with van der Waals surface area (Å²) < 4.78 is 35.7. The van der Waals surface area contributed by atoms with Gasteiger partial charge in [0.1, 0.15) is 46.4 Å². The predicted molar refractivity (Wildman–Crippen MR) is 134 cm³/mol. The van der Waals surface area contributed by atoms with Crippen LogP contribution in [0.3, 0.4) is 0 Å². The zero-order valence-corrected chi connectivity index (χ0v) is 21.3. The summed E-state index contributed by atoms with van der Waals surface area (Å²) in [6.45, 7) is 7.96. The Hall–Kier alpha value is -3.40. The molecule has 1 unspecified atom stereocenters. The van der Waals surface area contributed by atoms with Crippen molar-refractivity contribution in [2.45, 2.75) is 38.0 Å². The molecule has 1 aromatic carbocycles. The van der Waals surface area contributed by atoms with Crippen molar-refractivity contribution in [1.82, 2.24) is 14.8 Å². The predicted octanol–water partition coefficient (Wildman–Crippen LogP) is 3.80. The van der Waals surface area contributed by atoms with Crippen LogP contribution in [0.15, 0.2) is 30.9 Å². The zero-order valence-electron chi connectivity index (χ0n) is 20.5. The summed E-state index contributed by atoms with van der Waals surface area (Å²) in [6, 6.07) is 3.33. The third-order valence-electron chi connectivity index (χ3n) is 7.26. The number of fused-ring (bicyclic) bond motifs is 2. The van der Waals surface area contributed by atoms with Crippen LogP contribution in [0.1, 0.15) is 30.6 Å². The maximum Gasteiger partial charge on any atom is 0.261 e. The summed E-state index contributed by atoms with van der Waals surface area (Å²) in [5.41, 5.74) is -1.02. The van der Waals surface area contributed by atoms with E-state index in [1.807, 2.05) is 13.8 Å². The molecule has 5 rings (SSSR count). The van der Waals surface area contributed by atoms with Crippen molar-refractivity contribution in [1.29, 1.82) is 0 Å². The highest BCUT2D eigenvalue weighted by Crippen LogP contribution is 2.48. The molecule has 4 heterocycles. The normalized spacial score (nSPS) is 22.7. The molecule has 0 saturated carbocycles. The van der Waals surface area contributed by atoms with E-state index in [4.69, 9.17) is 16.3 Å². The topological polar surface area (TPSA) is 86.2 Å². The second-order valence-electron chi connectivity index (χ2n) is 10.1. The van der Waals surface area contributed by atoms with Crippen molar-refractivity contribution in [2.24, 2.45) is 0 Å². The number of aromatic hydroxyl groups is 1. The van der Waals surface area contributed by atoms with E-state index in [1.165, 1.54) is 18.2 Å². The number of aromatic nitrogens is 1. The van der Waals surface area contributed by atoms with E-state index < -0.39 is 29.5 Å². The number of carbonyl (C=O) groups excluding carboxylic acids is 2. The molecule has 0 aliphatic carbocycles. The number of pyridine rings is 1. The largest absolute Gasteiger partial charge is 0.507 e. The first-order valence-corrected chi connectivity index (χ1v) is 12.4. The number of phenols is 1. The van der Waals surface area contributed by atoms with Gasteiger partial charge < -0.3 is 24.5 Å². The number of rotatable bonds is 3. The highest BCUT2D eigenvalue weighted by molar-refractivity contribution is 6.35. The Kier molecular flexibility index (Phi) is 6.26. The number of anilines is 1. The Labute approximate surface area is 218 Å². The lowest BCUT2D eigenvalue weighted by molar-refractivity contribution is -0.128. The molecule has 1 N–H and O–H groups in total. The number of halogens is 3. The molecular formula is C26H27ClF2N4O4. The number of amides is 2. The molecule has 2 amide bonds. The maximum atomic E-state index is 14.9. The number of hydrogen-bond donors (Lipinski definition) is 1. The van der Waals surface area contributed by atoms with Gasteiger partial charge >= 0.3 is 0 Å². The van der Waals surface area contributed by atoms with Gasteiger partial charge in [-0.1, -0.05) is 24.2 Å². The van der Waals surface area contributed by atoms with Gasteiger partial charge in [0.15, 0.2) is 5.75 Å². The molecule has 0 bridgehead atoms. The maximum absolute atomic E-state index is 14.9. The molecule has 3 aliphatic heterocycles. The Bertz CT molecular complexity index is 1280. The Morgan fingerprint density at radius 3 is 2.70 bits per heavy atom. The van der Waals surface area contributed by atoms with Crippen LogP contribution in [0.25, 0.3) is 11.3 Å². The first-order chi connectivity index (χ1) is 17.5.